The highest BCUT2D eigenvalue weighted by atomic mass is 16.5. The lowest BCUT2D eigenvalue weighted by Crippen LogP contribution is -2.07. The zero-order valence-electron chi connectivity index (χ0n) is 9.95. The zero-order chi connectivity index (χ0) is 11.4. The minimum Gasteiger partial charge on any atom is -0.496 e. The molecule has 1 unspecified atom stereocenters. The minimum absolute atomic E-state index is 0.332. The van der Waals surface area contributed by atoms with Crippen LogP contribution < -0.4 is 4.74 Å². The van der Waals surface area contributed by atoms with Crippen molar-refractivity contribution in [1.82, 2.24) is 0 Å². The summed E-state index contributed by atoms with van der Waals surface area (Å²) >= 11 is 0. The van der Waals surface area contributed by atoms with Crippen molar-refractivity contribution in [2.24, 2.45) is 0 Å². The highest BCUT2D eigenvalue weighted by Crippen LogP contribution is 2.30. The number of aliphatic hydroxyl groups is 1. The van der Waals surface area contributed by atoms with Crippen LogP contribution in [0.25, 0.3) is 0 Å². The van der Waals surface area contributed by atoms with Gasteiger partial charge in [-0.05, 0) is 24.0 Å². The fourth-order valence-corrected chi connectivity index (χ4v) is 1.79. The van der Waals surface area contributed by atoms with Gasteiger partial charge in [-0.2, -0.15) is 0 Å². The van der Waals surface area contributed by atoms with Gasteiger partial charge in [-0.25, -0.2) is 0 Å². The number of rotatable bonds is 4. The Kier molecular flexibility index (Phi) is 4.15. The van der Waals surface area contributed by atoms with Gasteiger partial charge < -0.3 is 9.84 Å². The first kappa shape index (κ1) is 12.1. The van der Waals surface area contributed by atoms with Crippen molar-refractivity contribution >= 4 is 0 Å². The van der Waals surface area contributed by atoms with Crippen molar-refractivity contribution in [2.45, 2.75) is 39.2 Å². The lowest BCUT2D eigenvalue weighted by molar-refractivity contribution is 0.194. The molecule has 84 valence electrons. The molecule has 0 bridgehead atoms. The Morgan fingerprint density at radius 3 is 2.40 bits per heavy atom. The fraction of sp³-hybridized carbons (Fsp3) is 0.538. The summed E-state index contributed by atoms with van der Waals surface area (Å²) in [4.78, 5) is 0. The number of hydrogen-bond acceptors (Lipinski definition) is 2. The summed E-state index contributed by atoms with van der Waals surface area (Å²) in [6, 6.07) is 6.11. The molecule has 2 heteroatoms. The molecule has 2 nitrogen and oxygen atoms in total. The number of para-hydroxylation sites is 1. The second-order valence-corrected chi connectivity index (χ2v) is 4.25. The second kappa shape index (κ2) is 5.17. The lowest BCUT2D eigenvalue weighted by atomic mass is 9.97. The van der Waals surface area contributed by atoms with Gasteiger partial charge >= 0.3 is 0 Å². The van der Waals surface area contributed by atoms with Crippen LogP contribution in [-0.4, -0.2) is 18.3 Å². The predicted octanol–water partition coefficient (Wildman–Crippen LogP) is 2.74. The van der Waals surface area contributed by atoms with Crippen LogP contribution in [-0.2, 0) is 6.42 Å². The Morgan fingerprint density at radius 2 is 1.93 bits per heavy atom. The molecule has 1 rings (SSSR count). The molecule has 0 aliphatic rings. The third kappa shape index (κ3) is 2.96. The Morgan fingerprint density at radius 1 is 1.27 bits per heavy atom. The molecule has 15 heavy (non-hydrogen) atoms. The smallest absolute Gasteiger partial charge is 0.125 e. The van der Waals surface area contributed by atoms with Crippen molar-refractivity contribution in [3.05, 3.63) is 29.3 Å². The lowest BCUT2D eigenvalue weighted by Gasteiger charge is -2.16. The van der Waals surface area contributed by atoms with Gasteiger partial charge in [0.25, 0.3) is 0 Å². The quantitative estimate of drug-likeness (QED) is 0.824. The number of ether oxygens (including phenoxy) is 1. The molecule has 0 spiro atoms. The molecule has 0 heterocycles. The van der Waals surface area contributed by atoms with Crippen molar-refractivity contribution in [2.75, 3.05) is 7.11 Å². The van der Waals surface area contributed by atoms with Crippen LogP contribution in [0.1, 0.15) is 37.8 Å². The molecule has 0 saturated heterocycles. The van der Waals surface area contributed by atoms with E-state index in [0.717, 1.165) is 11.3 Å². The Balaban J connectivity index is 3.10. The Bertz CT molecular complexity index is 316. The molecule has 0 amide bonds. The SMILES string of the molecule is COc1c(CC(C)O)cccc1C(C)C. The van der Waals surface area contributed by atoms with Gasteiger partial charge in [0.05, 0.1) is 13.2 Å². The minimum atomic E-state index is -0.332. The standard InChI is InChI=1S/C13H20O2/c1-9(2)12-7-5-6-11(8-10(3)14)13(12)15-4/h5-7,9-10,14H,8H2,1-4H3. The molecule has 0 aliphatic heterocycles. The van der Waals surface area contributed by atoms with E-state index in [4.69, 9.17) is 4.74 Å². The summed E-state index contributed by atoms with van der Waals surface area (Å²) in [5.41, 5.74) is 2.29. The molecule has 1 N–H and O–H groups in total. The number of methoxy groups -OCH3 is 1. The molecule has 1 aromatic rings. The van der Waals surface area contributed by atoms with E-state index in [1.54, 1.807) is 14.0 Å². The van der Waals surface area contributed by atoms with Crippen LogP contribution in [0.4, 0.5) is 0 Å². The van der Waals surface area contributed by atoms with Crippen molar-refractivity contribution in [3.63, 3.8) is 0 Å². The average molecular weight is 208 g/mol. The fourth-order valence-electron chi connectivity index (χ4n) is 1.79. The third-order valence-corrected chi connectivity index (χ3v) is 2.47. The van der Waals surface area contributed by atoms with E-state index in [1.165, 1.54) is 5.56 Å². The maximum atomic E-state index is 9.40. The van der Waals surface area contributed by atoms with Crippen LogP contribution in [0, 0.1) is 0 Å². The van der Waals surface area contributed by atoms with Gasteiger partial charge in [0.1, 0.15) is 5.75 Å². The summed E-state index contributed by atoms with van der Waals surface area (Å²) in [5.74, 6) is 1.36. The van der Waals surface area contributed by atoms with Crippen LogP contribution >= 0.6 is 0 Å². The largest absolute Gasteiger partial charge is 0.496 e. The first-order valence-electron chi connectivity index (χ1n) is 5.40. The summed E-state index contributed by atoms with van der Waals surface area (Å²) in [5, 5.41) is 9.40. The van der Waals surface area contributed by atoms with Crippen LogP contribution in [0.15, 0.2) is 18.2 Å². The van der Waals surface area contributed by atoms with Crippen molar-refractivity contribution < 1.29 is 9.84 Å². The molecule has 1 atom stereocenters. The molecule has 0 aromatic heterocycles. The van der Waals surface area contributed by atoms with Gasteiger partial charge in [-0.1, -0.05) is 32.0 Å². The summed E-state index contributed by atoms with van der Waals surface area (Å²) in [7, 11) is 1.69. The Labute approximate surface area is 91.9 Å². The first-order valence-corrected chi connectivity index (χ1v) is 5.40. The maximum absolute atomic E-state index is 9.40. The zero-order valence-corrected chi connectivity index (χ0v) is 9.95. The monoisotopic (exact) mass is 208 g/mol. The van der Waals surface area contributed by atoms with Gasteiger partial charge in [-0.3, -0.25) is 0 Å². The second-order valence-electron chi connectivity index (χ2n) is 4.25. The third-order valence-electron chi connectivity index (χ3n) is 2.47. The van der Waals surface area contributed by atoms with Gasteiger partial charge in [0.15, 0.2) is 0 Å². The summed E-state index contributed by atoms with van der Waals surface area (Å²) in [6.45, 7) is 6.08. The van der Waals surface area contributed by atoms with Crippen molar-refractivity contribution in [1.29, 1.82) is 0 Å². The van der Waals surface area contributed by atoms with Gasteiger partial charge in [0.2, 0.25) is 0 Å². The predicted molar refractivity (Wildman–Crippen MR) is 62.5 cm³/mol. The van der Waals surface area contributed by atoms with E-state index in [0.29, 0.717) is 12.3 Å². The number of benzene rings is 1. The molecule has 0 radical (unpaired) electrons. The van der Waals surface area contributed by atoms with Crippen LogP contribution in [0.3, 0.4) is 0 Å². The van der Waals surface area contributed by atoms with Crippen molar-refractivity contribution in [3.8, 4) is 5.75 Å². The van der Waals surface area contributed by atoms with E-state index in [9.17, 15) is 5.11 Å². The van der Waals surface area contributed by atoms with E-state index < -0.39 is 0 Å². The average Bonchev–Trinajstić information content (AvgIpc) is 2.16. The summed E-state index contributed by atoms with van der Waals surface area (Å²) in [6.07, 6.45) is 0.310. The van der Waals surface area contributed by atoms with E-state index in [2.05, 4.69) is 19.9 Å². The molecule has 1 aromatic carbocycles. The number of aliphatic hydroxyl groups excluding tert-OH is 1. The molecular formula is C13H20O2. The number of hydrogen-bond donors (Lipinski definition) is 1. The Hall–Kier alpha value is -1.02. The molecule has 0 fully saturated rings. The highest BCUT2D eigenvalue weighted by molar-refractivity contribution is 5.43. The molecule has 0 aliphatic carbocycles. The van der Waals surface area contributed by atoms with E-state index >= 15 is 0 Å². The van der Waals surface area contributed by atoms with Crippen LogP contribution in [0.2, 0.25) is 0 Å². The molecular weight excluding hydrogens is 188 g/mol. The molecule has 0 saturated carbocycles. The van der Waals surface area contributed by atoms with Crippen LogP contribution in [0.5, 0.6) is 5.75 Å². The highest BCUT2D eigenvalue weighted by Gasteiger charge is 2.12. The van der Waals surface area contributed by atoms with E-state index in [1.807, 2.05) is 12.1 Å². The van der Waals surface area contributed by atoms with Gasteiger partial charge in [0, 0.05) is 6.42 Å². The van der Waals surface area contributed by atoms with Gasteiger partial charge in [-0.15, -0.1) is 0 Å². The summed E-state index contributed by atoms with van der Waals surface area (Å²) < 4.78 is 5.43. The first-order chi connectivity index (χ1) is 7.06. The normalized spacial score (nSPS) is 12.9. The topological polar surface area (TPSA) is 29.5 Å². The van der Waals surface area contributed by atoms with E-state index in [-0.39, 0.29) is 6.10 Å². The maximum Gasteiger partial charge on any atom is 0.125 e.